The lowest BCUT2D eigenvalue weighted by Gasteiger charge is -2.10. The molecular formula is C14H11ClF3N3. The van der Waals surface area contributed by atoms with Crippen molar-refractivity contribution < 1.29 is 13.2 Å². The van der Waals surface area contributed by atoms with Crippen molar-refractivity contribution in [2.75, 3.05) is 5.32 Å². The second kappa shape index (κ2) is 5.18. The van der Waals surface area contributed by atoms with Gasteiger partial charge in [0, 0.05) is 17.7 Å². The Morgan fingerprint density at radius 2 is 1.76 bits per heavy atom. The quantitative estimate of drug-likeness (QED) is 0.829. The van der Waals surface area contributed by atoms with Crippen LogP contribution in [0, 0.1) is 0 Å². The summed E-state index contributed by atoms with van der Waals surface area (Å²) in [6.07, 6.45) is -2.25. The fraction of sp³-hybridized carbons (Fsp3) is 0.286. The van der Waals surface area contributed by atoms with Gasteiger partial charge in [-0.2, -0.15) is 13.2 Å². The molecule has 1 aromatic carbocycles. The maximum Gasteiger partial charge on any atom is 0.416 e. The molecule has 0 unspecified atom stereocenters. The Morgan fingerprint density at radius 1 is 1.10 bits per heavy atom. The van der Waals surface area contributed by atoms with Gasteiger partial charge in [-0.25, -0.2) is 9.97 Å². The van der Waals surface area contributed by atoms with Crippen LogP contribution in [-0.4, -0.2) is 9.97 Å². The summed E-state index contributed by atoms with van der Waals surface area (Å²) in [5.41, 5.74) is -0.174. The van der Waals surface area contributed by atoms with E-state index < -0.39 is 11.7 Å². The van der Waals surface area contributed by atoms with Gasteiger partial charge < -0.3 is 5.32 Å². The lowest BCUT2D eigenvalue weighted by molar-refractivity contribution is -0.137. The molecule has 1 heterocycles. The number of benzene rings is 1. The first-order chi connectivity index (χ1) is 9.91. The van der Waals surface area contributed by atoms with Crippen LogP contribution in [0.2, 0.25) is 5.15 Å². The summed E-state index contributed by atoms with van der Waals surface area (Å²) < 4.78 is 37.5. The molecule has 1 saturated carbocycles. The van der Waals surface area contributed by atoms with E-state index in [1.165, 1.54) is 12.1 Å². The normalized spacial score (nSPS) is 15.0. The summed E-state index contributed by atoms with van der Waals surface area (Å²) >= 11 is 5.93. The number of anilines is 2. The Kier molecular flexibility index (Phi) is 3.49. The molecule has 3 nitrogen and oxygen atoms in total. The molecule has 0 aliphatic heterocycles. The van der Waals surface area contributed by atoms with Gasteiger partial charge in [-0.3, -0.25) is 0 Å². The molecular weight excluding hydrogens is 303 g/mol. The molecule has 0 spiro atoms. The van der Waals surface area contributed by atoms with E-state index in [1.807, 2.05) is 0 Å². The minimum atomic E-state index is -4.34. The van der Waals surface area contributed by atoms with Gasteiger partial charge in [-0.1, -0.05) is 11.6 Å². The van der Waals surface area contributed by atoms with E-state index in [2.05, 4.69) is 15.3 Å². The number of rotatable bonds is 3. The molecule has 1 N–H and O–H groups in total. The highest BCUT2D eigenvalue weighted by Crippen LogP contribution is 2.39. The number of hydrogen-bond donors (Lipinski definition) is 1. The zero-order chi connectivity index (χ0) is 15.0. The summed E-state index contributed by atoms with van der Waals surface area (Å²) in [6.45, 7) is 0. The molecule has 0 saturated heterocycles. The van der Waals surface area contributed by atoms with Crippen LogP contribution >= 0.6 is 11.6 Å². The Bertz CT molecular complexity index is 652. The van der Waals surface area contributed by atoms with Crippen molar-refractivity contribution in [3.05, 3.63) is 46.9 Å². The summed E-state index contributed by atoms with van der Waals surface area (Å²) in [4.78, 5) is 8.48. The second-order valence-corrected chi connectivity index (χ2v) is 5.30. The van der Waals surface area contributed by atoms with Crippen molar-refractivity contribution in [1.29, 1.82) is 0 Å². The predicted molar refractivity (Wildman–Crippen MR) is 73.7 cm³/mol. The fourth-order valence-corrected chi connectivity index (χ4v) is 2.10. The maximum absolute atomic E-state index is 12.5. The number of halogens is 4. The lowest BCUT2D eigenvalue weighted by Crippen LogP contribution is -2.05. The van der Waals surface area contributed by atoms with Crippen LogP contribution in [0.3, 0.4) is 0 Å². The molecule has 0 atom stereocenters. The Labute approximate surface area is 124 Å². The first kappa shape index (κ1) is 14.1. The SMILES string of the molecule is FC(F)(F)c1ccc(Nc2cc(Cl)nc(C3CC3)n2)cc1. The van der Waals surface area contributed by atoms with Crippen LogP contribution in [0.25, 0.3) is 0 Å². The minimum Gasteiger partial charge on any atom is -0.340 e. The van der Waals surface area contributed by atoms with E-state index in [0.717, 1.165) is 25.0 Å². The first-order valence-corrected chi connectivity index (χ1v) is 6.78. The van der Waals surface area contributed by atoms with Crippen LogP contribution in [0.15, 0.2) is 30.3 Å². The molecule has 1 aliphatic rings. The minimum absolute atomic E-state index is 0.321. The van der Waals surface area contributed by atoms with E-state index in [9.17, 15) is 13.2 Å². The summed E-state index contributed by atoms with van der Waals surface area (Å²) in [7, 11) is 0. The highest BCUT2D eigenvalue weighted by atomic mass is 35.5. The van der Waals surface area contributed by atoms with Crippen molar-refractivity contribution in [2.24, 2.45) is 0 Å². The summed E-state index contributed by atoms with van der Waals surface area (Å²) in [6, 6.07) is 6.30. The topological polar surface area (TPSA) is 37.8 Å². The lowest BCUT2D eigenvalue weighted by atomic mass is 10.2. The van der Waals surface area contributed by atoms with E-state index in [4.69, 9.17) is 11.6 Å². The van der Waals surface area contributed by atoms with Crippen molar-refractivity contribution in [1.82, 2.24) is 9.97 Å². The number of nitrogens with zero attached hydrogens (tertiary/aromatic N) is 2. The van der Waals surface area contributed by atoms with Crippen LogP contribution in [0.1, 0.15) is 30.1 Å². The molecule has 0 amide bonds. The Balaban J connectivity index is 1.80. The highest BCUT2D eigenvalue weighted by Gasteiger charge is 2.30. The maximum atomic E-state index is 12.5. The zero-order valence-corrected chi connectivity index (χ0v) is 11.5. The van der Waals surface area contributed by atoms with Crippen LogP contribution < -0.4 is 5.32 Å². The third-order valence-electron chi connectivity index (χ3n) is 3.14. The molecule has 1 fully saturated rings. The predicted octanol–water partition coefficient (Wildman–Crippen LogP) is 4.77. The van der Waals surface area contributed by atoms with E-state index in [0.29, 0.717) is 28.4 Å². The van der Waals surface area contributed by atoms with Crippen molar-refractivity contribution in [2.45, 2.75) is 24.9 Å². The van der Waals surface area contributed by atoms with E-state index in [-0.39, 0.29) is 0 Å². The van der Waals surface area contributed by atoms with Gasteiger partial charge >= 0.3 is 6.18 Å². The van der Waals surface area contributed by atoms with Gasteiger partial charge in [0.15, 0.2) is 0 Å². The molecule has 21 heavy (non-hydrogen) atoms. The Morgan fingerprint density at radius 3 is 2.33 bits per heavy atom. The van der Waals surface area contributed by atoms with Crippen LogP contribution in [0.5, 0.6) is 0 Å². The number of nitrogens with one attached hydrogen (secondary N) is 1. The molecule has 0 radical (unpaired) electrons. The smallest absolute Gasteiger partial charge is 0.340 e. The van der Waals surface area contributed by atoms with Crippen molar-refractivity contribution in [3.63, 3.8) is 0 Å². The highest BCUT2D eigenvalue weighted by molar-refractivity contribution is 6.29. The zero-order valence-electron chi connectivity index (χ0n) is 10.8. The molecule has 110 valence electrons. The van der Waals surface area contributed by atoms with Crippen LogP contribution in [0.4, 0.5) is 24.7 Å². The molecule has 7 heteroatoms. The fourth-order valence-electron chi connectivity index (χ4n) is 1.91. The number of hydrogen-bond acceptors (Lipinski definition) is 3. The average molecular weight is 314 g/mol. The molecule has 2 aromatic rings. The van der Waals surface area contributed by atoms with E-state index in [1.54, 1.807) is 6.07 Å². The third kappa shape index (κ3) is 3.44. The van der Waals surface area contributed by atoms with Gasteiger partial charge in [-0.05, 0) is 37.1 Å². The number of aromatic nitrogens is 2. The van der Waals surface area contributed by atoms with Crippen molar-refractivity contribution >= 4 is 23.1 Å². The largest absolute Gasteiger partial charge is 0.416 e. The molecule has 1 aliphatic carbocycles. The molecule has 0 bridgehead atoms. The van der Waals surface area contributed by atoms with Gasteiger partial charge in [-0.15, -0.1) is 0 Å². The van der Waals surface area contributed by atoms with Gasteiger partial charge in [0.05, 0.1) is 5.56 Å². The summed E-state index contributed by atoms with van der Waals surface area (Å²) in [5, 5.41) is 3.26. The van der Waals surface area contributed by atoms with Crippen molar-refractivity contribution in [3.8, 4) is 0 Å². The average Bonchev–Trinajstić information content (AvgIpc) is 3.21. The molecule has 3 rings (SSSR count). The van der Waals surface area contributed by atoms with Gasteiger partial charge in [0.2, 0.25) is 0 Å². The monoisotopic (exact) mass is 313 g/mol. The standard InChI is InChI=1S/C14H11ClF3N3/c15-11-7-12(21-13(20-11)8-1-2-8)19-10-5-3-9(4-6-10)14(16,17)18/h3-8H,1-2H2,(H,19,20,21). The van der Waals surface area contributed by atoms with Gasteiger partial charge in [0.25, 0.3) is 0 Å². The van der Waals surface area contributed by atoms with Gasteiger partial charge in [0.1, 0.15) is 16.8 Å². The second-order valence-electron chi connectivity index (χ2n) is 4.91. The van der Waals surface area contributed by atoms with Crippen LogP contribution in [-0.2, 0) is 6.18 Å². The first-order valence-electron chi connectivity index (χ1n) is 6.40. The molecule has 1 aromatic heterocycles. The van der Waals surface area contributed by atoms with E-state index >= 15 is 0 Å². The number of alkyl halides is 3. The Hall–Kier alpha value is -1.82. The summed E-state index contributed by atoms with van der Waals surface area (Å²) in [5.74, 6) is 1.51. The third-order valence-corrected chi connectivity index (χ3v) is 3.33.